The van der Waals surface area contributed by atoms with Gasteiger partial charge in [0, 0.05) is 12.8 Å². The van der Waals surface area contributed by atoms with Crippen LogP contribution in [0.25, 0.3) is 0 Å². The zero-order valence-corrected chi connectivity index (χ0v) is 16.3. The second kappa shape index (κ2) is 7.03. The molecule has 0 aromatic heterocycles. The Bertz CT molecular complexity index is 709. The molecule has 2 rings (SSSR count). The Balaban J connectivity index is 2.36. The van der Waals surface area contributed by atoms with Gasteiger partial charge in [-0.2, -0.15) is 0 Å². The molecule has 0 unspecified atom stereocenters. The number of hydrogen-bond donors (Lipinski definition) is 1. The number of aromatic hydroxyl groups is 1. The maximum Gasteiger partial charge on any atom is 0.141 e. The van der Waals surface area contributed by atoms with E-state index in [0.717, 1.165) is 22.3 Å². The average Bonchev–Trinajstić information content (AvgIpc) is 2.47. The molecular weight excluding hydrogens is 308 g/mol. The van der Waals surface area contributed by atoms with Gasteiger partial charge >= 0.3 is 0 Å². The van der Waals surface area contributed by atoms with Crippen LogP contribution in [0.1, 0.15) is 63.8 Å². The highest BCUT2D eigenvalue weighted by Crippen LogP contribution is 2.39. The molecule has 25 heavy (non-hydrogen) atoms. The van der Waals surface area contributed by atoms with Gasteiger partial charge in [-0.05, 0) is 33.1 Å². The quantitative estimate of drug-likeness (QED) is 0.817. The molecule has 0 saturated carbocycles. The van der Waals surface area contributed by atoms with Crippen LogP contribution in [0.5, 0.6) is 5.75 Å². The normalized spacial score (nSPS) is 12.2. The van der Waals surface area contributed by atoms with E-state index >= 15 is 0 Å². The fourth-order valence-electron chi connectivity index (χ4n) is 3.05. The topological polar surface area (TPSA) is 37.3 Å². The number of rotatable bonds is 4. The van der Waals surface area contributed by atoms with Crippen LogP contribution in [0.2, 0.25) is 0 Å². The van der Waals surface area contributed by atoms with Gasteiger partial charge in [-0.3, -0.25) is 4.79 Å². The van der Waals surface area contributed by atoms with E-state index in [1.165, 1.54) is 0 Å². The molecule has 2 aromatic carbocycles. The Hall–Kier alpha value is -2.09. The number of phenols is 1. The molecule has 1 N–H and O–H groups in total. The third kappa shape index (κ3) is 4.94. The number of Topliss-reactive ketones (excluding diaryl/α,β-unsaturated/α-hetero) is 1. The van der Waals surface area contributed by atoms with Gasteiger partial charge in [-0.15, -0.1) is 0 Å². The summed E-state index contributed by atoms with van der Waals surface area (Å²) in [5, 5.41) is 10.8. The van der Waals surface area contributed by atoms with Crippen LogP contribution >= 0.6 is 0 Å². The monoisotopic (exact) mass is 338 g/mol. The van der Waals surface area contributed by atoms with Crippen LogP contribution in [0.3, 0.4) is 0 Å². The van der Waals surface area contributed by atoms with Gasteiger partial charge in [0.2, 0.25) is 0 Å². The predicted molar refractivity (Wildman–Crippen MR) is 104 cm³/mol. The van der Waals surface area contributed by atoms with Crippen molar-refractivity contribution >= 4 is 5.78 Å². The van der Waals surface area contributed by atoms with Crippen molar-refractivity contribution < 1.29 is 9.90 Å². The molecule has 0 aliphatic heterocycles. The molecular formula is C23H30O2. The predicted octanol–water partition coefficient (Wildman–Crippen LogP) is 5.34. The summed E-state index contributed by atoms with van der Waals surface area (Å²) in [7, 11) is 0. The lowest BCUT2D eigenvalue weighted by Gasteiger charge is -2.28. The Labute approximate surface area is 151 Å². The standard InChI is InChI=1S/C23H30O2/c1-22(2,3)19-14-17(15-20(21(19)25)23(4,5)6)13-18(24)12-16-10-8-7-9-11-16/h7-11,14-15,25H,12-13H2,1-6H3. The summed E-state index contributed by atoms with van der Waals surface area (Å²) < 4.78 is 0. The summed E-state index contributed by atoms with van der Waals surface area (Å²) in [5.74, 6) is 0.552. The minimum absolute atomic E-state index is 0.178. The van der Waals surface area contributed by atoms with Crippen molar-refractivity contribution in [2.75, 3.05) is 0 Å². The first kappa shape index (κ1) is 19.2. The molecule has 2 heteroatoms. The van der Waals surface area contributed by atoms with E-state index in [1.807, 2.05) is 42.5 Å². The van der Waals surface area contributed by atoms with Gasteiger partial charge in [-0.1, -0.05) is 84.0 Å². The third-order valence-corrected chi connectivity index (χ3v) is 4.43. The van der Waals surface area contributed by atoms with Crippen molar-refractivity contribution in [3.63, 3.8) is 0 Å². The molecule has 0 fully saturated rings. The largest absolute Gasteiger partial charge is 0.507 e. The van der Waals surface area contributed by atoms with Gasteiger partial charge in [0.1, 0.15) is 11.5 Å². The molecule has 134 valence electrons. The van der Waals surface area contributed by atoms with Crippen molar-refractivity contribution in [2.45, 2.75) is 65.2 Å². The second-order valence-electron chi connectivity index (χ2n) is 8.92. The van der Waals surface area contributed by atoms with E-state index < -0.39 is 0 Å². The summed E-state index contributed by atoms with van der Waals surface area (Å²) >= 11 is 0. The Morgan fingerprint density at radius 3 is 1.68 bits per heavy atom. The second-order valence-corrected chi connectivity index (χ2v) is 8.92. The van der Waals surface area contributed by atoms with E-state index in [2.05, 4.69) is 41.5 Å². The molecule has 2 aromatic rings. The van der Waals surface area contributed by atoms with E-state index in [-0.39, 0.29) is 16.6 Å². The summed E-state index contributed by atoms with van der Waals surface area (Å²) in [6.45, 7) is 12.5. The fraction of sp³-hybridized carbons (Fsp3) is 0.435. The Morgan fingerprint density at radius 2 is 1.24 bits per heavy atom. The van der Waals surface area contributed by atoms with Crippen molar-refractivity contribution in [1.82, 2.24) is 0 Å². The molecule has 0 heterocycles. The molecule has 0 atom stereocenters. The summed E-state index contributed by atoms with van der Waals surface area (Å²) in [5.41, 5.74) is 3.47. The molecule has 0 saturated heterocycles. The summed E-state index contributed by atoms with van der Waals surface area (Å²) in [4.78, 5) is 12.5. The summed E-state index contributed by atoms with van der Waals surface area (Å²) in [6, 6.07) is 13.8. The van der Waals surface area contributed by atoms with Crippen molar-refractivity contribution in [1.29, 1.82) is 0 Å². The molecule has 0 aliphatic carbocycles. The third-order valence-electron chi connectivity index (χ3n) is 4.43. The van der Waals surface area contributed by atoms with Gasteiger partial charge < -0.3 is 5.11 Å². The van der Waals surface area contributed by atoms with E-state index in [1.54, 1.807) is 0 Å². The van der Waals surface area contributed by atoms with Crippen LogP contribution in [-0.2, 0) is 28.5 Å². The SMILES string of the molecule is CC(C)(C)c1cc(CC(=O)Cc2ccccc2)cc(C(C)(C)C)c1O. The molecule has 0 spiro atoms. The van der Waals surface area contributed by atoms with Crippen LogP contribution in [0.15, 0.2) is 42.5 Å². The number of phenolic OH excluding ortho intramolecular Hbond substituents is 1. The van der Waals surface area contributed by atoms with Gasteiger partial charge in [0.25, 0.3) is 0 Å². The highest BCUT2D eigenvalue weighted by Gasteiger charge is 2.26. The highest BCUT2D eigenvalue weighted by atomic mass is 16.3. The van der Waals surface area contributed by atoms with Crippen LogP contribution in [0, 0.1) is 0 Å². The van der Waals surface area contributed by atoms with Crippen molar-refractivity contribution in [2.24, 2.45) is 0 Å². The molecule has 2 nitrogen and oxygen atoms in total. The fourth-order valence-corrected chi connectivity index (χ4v) is 3.05. The molecule has 0 radical (unpaired) electrons. The minimum atomic E-state index is -0.178. The first-order valence-electron chi connectivity index (χ1n) is 8.91. The van der Waals surface area contributed by atoms with Crippen LogP contribution in [0.4, 0.5) is 0 Å². The first-order valence-corrected chi connectivity index (χ1v) is 8.91. The lowest BCUT2D eigenvalue weighted by atomic mass is 9.78. The van der Waals surface area contributed by atoms with Gasteiger partial charge in [0.05, 0.1) is 0 Å². The Morgan fingerprint density at radius 1 is 0.800 bits per heavy atom. The number of benzene rings is 2. The van der Waals surface area contributed by atoms with Crippen molar-refractivity contribution in [3.8, 4) is 5.75 Å². The maximum atomic E-state index is 12.5. The minimum Gasteiger partial charge on any atom is -0.507 e. The maximum absolute atomic E-state index is 12.5. The number of ketones is 1. The van der Waals surface area contributed by atoms with E-state index in [9.17, 15) is 9.90 Å². The smallest absolute Gasteiger partial charge is 0.141 e. The lowest BCUT2D eigenvalue weighted by molar-refractivity contribution is -0.117. The van der Waals surface area contributed by atoms with E-state index in [4.69, 9.17) is 0 Å². The van der Waals surface area contributed by atoms with Crippen LogP contribution < -0.4 is 0 Å². The molecule has 0 aliphatic rings. The number of carbonyl (C=O) groups excluding carboxylic acids is 1. The lowest BCUT2D eigenvalue weighted by Crippen LogP contribution is -2.18. The average molecular weight is 338 g/mol. The Kier molecular flexibility index (Phi) is 5.41. The summed E-state index contributed by atoms with van der Waals surface area (Å²) in [6.07, 6.45) is 0.832. The van der Waals surface area contributed by atoms with Crippen LogP contribution in [-0.4, -0.2) is 10.9 Å². The zero-order chi connectivity index (χ0) is 18.8. The zero-order valence-electron chi connectivity index (χ0n) is 16.3. The van der Waals surface area contributed by atoms with Gasteiger partial charge in [0.15, 0.2) is 0 Å². The van der Waals surface area contributed by atoms with E-state index in [0.29, 0.717) is 18.6 Å². The van der Waals surface area contributed by atoms with Crippen molar-refractivity contribution in [3.05, 3.63) is 64.7 Å². The first-order chi connectivity index (χ1) is 11.5. The number of hydrogen-bond acceptors (Lipinski definition) is 2. The number of carbonyl (C=O) groups is 1. The molecule has 0 amide bonds. The molecule has 0 bridgehead atoms. The van der Waals surface area contributed by atoms with Gasteiger partial charge in [-0.25, -0.2) is 0 Å². The highest BCUT2D eigenvalue weighted by molar-refractivity contribution is 5.83.